The summed E-state index contributed by atoms with van der Waals surface area (Å²) in [5, 5.41) is 3.64. The number of fused-ring (bicyclic) bond motifs is 1. The van der Waals surface area contributed by atoms with Gasteiger partial charge in [-0.15, -0.1) is 0 Å². The van der Waals surface area contributed by atoms with Crippen LogP contribution in [0.1, 0.15) is 32.3 Å². The fraction of sp³-hybridized carbons (Fsp3) is 0.571. The van der Waals surface area contributed by atoms with Gasteiger partial charge in [0, 0.05) is 12.1 Å². The largest absolute Gasteiger partial charge is 0.454 e. The Kier molecular flexibility index (Phi) is 3.02. The van der Waals surface area contributed by atoms with Crippen molar-refractivity contribution in [3.63, 3.8) is 0 Å². The number of hydrogen-bond donors (Lipinski definition) is 1. The first kappa shape index (κ1) is 12.3. The monoisotopic (exact) mass is 311 g/mol. The highest BCUT2D eigenvalue weighted by atomic mass is 79.9. The quantitative estimate of drug-likeness (QED) is 0.923. The first-order chi connectivity index (χ1) is 8.56. The van der Waals surface area contributed by atoms with E-state index in [9.17, 15) is 0 Å². The Morgan fingerprint density at radius 3 is 2.83 bits per heavy atom. The molecule has 1 aliphatic carbocycles. The van der Waals surface area contributed by atoms with E-state index in [0.717, 1.165) is 28.4 Å². The van der Waals surface area contributed by atoms with E-state index in [-0.39, 0.29) is 5.54 Å². The minimum Gasteiger partial charge on any atom is -0.454 e. The molecule has 3 rings (SSSR count). The van der Waals surface area contributed by atoms with Gasteiger partial charge < -0.3 is 14.8 Å². The lowest BCUT2D eigenvalue weighted by Gasteiger charge is -2.26. The van der Waals surface area contributed by atoms with Crippen LogP contribution in [-0.4, -0.2) is 12.3 Å². The Labute approximate surface area is 116 Å². The van der Waals surface area contributed by atoms with Crippen LogP contribution in [0.15, 0.2) is 16.6 Å². The molecule has 0 aromatic heterocycles. The molecule has 18 heavy (non-hydrogen) atoms. The smallest absolute Gasteiger partial charge is 0.231 e. The highest BCUT2D eigenvalue weighted by molar-refractivity contribution is 9.10. The predicted molar refractivity (Wildman–Crippen MR) is 73.9 cm³/mol. The van der Waals surface area contributed by atoms with E-state index in [0.29, 0.717) is 6.79 Å². The van der Waals surface area contributed by atoms with Crippen molar-refractivity contribution in [3.05, 3.63) is 22.2 Å². The number of benzene rings is 1. The molecule has 0 radical (unpaired) electrons. The molecule has 1 aromatic carbocycles. The summed E-state index contributed by atoms with van der Waals surface area (Å²) in [6.07, 6.45) is 2.70. The summed E-state index contributed by atoms with van der Waals surface area (Å²) in [4.78, 5) is 0. The van der Waals surface area contributed by atoms with Crippen molar-refractivity contribution >= 4 is 15.9 Å². The number of hydrogen-bond acceptors (Lipinski definition) is 3. The molecule has 0 amide bonds. The standard InChI is InChI=1S/C14H18BrNO2/c1-14(2,10-3-4-10)16-7-9-5-11(15)13-12(6-9)17-8-18-13/h5-6,10,16H,3-4,7-8H2,1-2H3. The molecule has 98 valence electrons. The first-order valence-corrected chi connectivity index (χ1v) is 7.18. The highest BCUT2D eigenvalue weighted by Crippen LogP contribution is 2.41. The molecular weight excluding hydrogens is 294 g/mol. The van der Waals surface area contributed by atoms with Crippen molar-refractivity contribution in [3.8, 4) is 11.5 Å². The van der Waals surface area contributed by atoms with Crippen molar-refractivity contribution in [1.82, 2.24) is 5.32 Å². The summed E-state index contributed by atoms with van der Waals surface area (Å²) in [6, 6.07) is 4.16. The SMILES string of the molecule is CC(C)(NCc1cc(Br)c2c(c1)OCO2)C1CC1. The molecule has 1 fully saturated rings. The summed E-state index contributed by atoms with van der Waals surface area (Å²) >= 11 is 3.53. The zero-order chi connectivity index (χ0) is 12.8. The third kappa shape index (κ3) is 2.36. The van der Waals surface area contributed by atoms with Gasteiger partial charge in [-0.25, -0.2) is 0 Å². The summed E-state index contributed by atoms with van der Waals surface area (Å²) in [6.45, 7) is 5.75. The maximum absolute atomic E-state index is 5.43. The maximum Gasteiger partial charge on any atom is 0.231 e. The lowest BCUT2D eigenvalue weighted by atomic mass is 9.98. The van der Waals surface area contributed by atoms with Gasteiger partial charge in [0.2, 0.25) is 6.79 Å². The van der Waals surface area contributed by atoms with Crippen LogP contribution in [-0.2, 0) is 6.54 Å². The van der Waals surface area contributed by atoms with Gasteiger partial charge in [-0.1, -0.05) is 0 Å². The van der Waals surface area contributed by atoms with Crippen molar-refractivity contribution in [2.75, 3.05) is 6.79 Å². The third-order valence-corrected chi connectivity index (χ3v) is 4.42. The van der Waals surface area contributed by atoms with Crippen LogP contribution in [0.2, 0.25) is 0 Å². The molecule has 4 heteroatoms. The van der Waals surface area contributed by atoms with Crippen LogP contribution < -0.4 is 14.8 Å². The average Bonchev–Trinajstić information content (AvgIpc) is 3.07. The van der Waals surface area contributed by atoms with Crippen LogP contribution in [0.3, 0.4) is 0 Å². The van der Waals surface area contributed by atoms with E-state index in [1.54, 1.807) is 0 Å². The fourth-order valence-electron chi connectivity index (χ4n) is 2.40. The second-order valence-corrected chi connectivity index (χ2v) is 6.52. The second kappa shape index (κ2) is 4.42. The first-order valence-electron chi connectivity index (χ1n) is 6.39. The van der Waals surface area contributed by atoms with Gasteiger partial charge in [0.25, 0.3) is 0 Å². The Bertz CT molecular complexity index is 469. The number of ether oxygens (including phenoxy) is 2. The van der Waals surface area contributed by atoms with Gasteiger partial charge in [-0.05, 0) is 66.2 Å². The second-order valence-electron chi connectivity index (χ2n) is 5.66. The van der Waals surface area contributed by atoms with E-state index in [1.807, 2.05) is 0 Å². The van der Waals surface area contributed by atoms with Crippen LogP contribution in [0, 0.1) is 5.92 Å². The summed E-state index contributed by atoms with van der Waals surface area (Å²) in [5.41, 5.74) is 1.45. The van der Waals surface area contributed by atoms with Crippen molar-refractivity contribution < 1.29 is 9.47 Å². The highest BCUT2D eigenvalue weighted by Gasteiger charge is 2.37. The van der Waals surface area contributed by atoms with Crippen LogP contribution >= 0.6 is 15.9 Å². The summed E-state index contributed by atoms with van der Waals surface area (Å²) < 4.78 is 11.8. The predicted octanol–water partition coefficient (Wildman–Crippen LogP) is 3.46. The minimum absolute atomic E-state index is 0.225. The van der Waals surface area contributed by atoms with Crippen LogP contribution in [0.4, 0.5) is 0 Å². The Balaban J connectivity index is 1.71. The van der Waals surface area contributed by atoms with Gasteiger partial charge in [-0.3, -0.25) is 0 Å². The van der Waals surface area contributed by atoms with Crippen molar-refractivity contribution in [2.45, 2.75) is 38.8 Å². The molecule has 0 atom stereocenters. The van der Waals surface area contributed by atoms with Gasteiger partial charge in [0.15, 0.2) is 11.5 Å². The van der Waals surface area contributed by atoms with Gasteiger partial charge in [-0.2, -0.15) is 0 Å². The normalized spacial score (nSPS) is 18.2. The van der Waals surface area contributed by atoms with E-state index >= 15 is 0 Å². The van der Waals surface area contributed by atoms with Gasteiger partial charge in [0.05, 0.1) is 4.47 Å². The molecule has 3 nitrogen and oxygen atoms in total. The van der Waals surface area contributed by atoms with Crippen LogP contribution in [0.25, 0.3) is 0 Å². The Morgan fingerprint density at radius 2 is 2.11 bits per heavy atom. The molecular formula is C14H18BrNO2. The molecule has 0 spiro atoms. The van der Waals surface area contributed by atoms with E-state index in [1.165, 1.54) is 18.4 Å². The topological polar surface area (TPSA) is 30.5 Å². The van der Waals surface area contributed by atoms with E-state index in [2.05, 4.69) is 47.2 Å². The molecule has 1 aliphatic heterocycles. The lowest BCUT2D eigenvalue weighted by Crippen LogP contribution is -2.40. The molecule has 1 heterocycles. The molecule has 2 aliphatic rings. The molecule has 1 saturated carbocycles. The van der Waals surface area contributed by atoms with Crippen molar-refractivity contribution in [1.29, 1.82) is 0 Å². The molecule has 1 N–H and O–H groups in total. The number of halogens is 1. The van der Waals surface area contributed by atoms with E-state index < -0.39 is 0 Å². The van der Waals surface area contributed by atoms with Crippen molar-refractivity contribution in [2.24, 2.45) is 5.92 Å². The molecule has 1 aromatic rings. The Hall–Kier alpha value is -0.740. The zero-order valence-electron chi connectivity index (χ0n) is 10.8. The van der Waals surface area contributed by atoms with Gasteiger partial charge in [0.1, 0.15) is 0 Å². The third-order valence-electron chi connectivity index (χ3n) is 3.83. The summed E-state index contributed by atoms with van der Waals surface area (Å²) in [7, 11) is 0. The molecule has 0 unspecified atom stereocenters. The maximum atomic E-state index is 5.43. The number of nitrogens with one attached hydrogen (secondary N) is 1. The molecule has 0 bridgehead atoms. The Morgan fingerprint density at radius 1 is 1.33 bits per heavy atom. The minimum atomic E-state index is 0.225. The zero-order valence-corrected chi connectivity index (χ0v) is 12.3. The lowest BCUT2D eigenvalue weighted by molar-refractivity contribution is 0.173. The van der Waals surface area contributed by atoms with E-state index in [4.69, 9.17) is 9.47 Å². The fourth-order valence-corrected chi connectivity index (χ4v) is 3.01. The summed E-state index contributed by atoms with van der Waals surface area (Å²) in [5.74, 6) is 2.49. The van der Waals surface area contributed by atoms with Gasteiger partial charge >= 0.3 is 0 Å². The molecule has 0 saturated heterocycles. The van der Waals surface area contributed by atoms with Crippen LogP contribution in [0.5, 0.6) is 11.5 Å². The number of rotatable bonds is 4. The average molecular weight is 312 g/mol.